The molecule has 0 aliphatic rings. The Labute approximate surface area is 138 Å². The van der Waals surface area contributed by atoms with Crippen LogP contribution in [0.2, 0.25) is 0 Å². The number of rotatable bonds is 4. The molecule has 1 unspecified atom stereocenters. The highest BCUT2D eigenvalue weighted by atomic mass is 19.1. The molecule has 24 heavy (non-hydrogen) atoms. The average molecular weight is 325 g/mol. The van der Waals surface area contributed by atoms with Gasteiger partial charge in [0, 0.05) is 12.4 Å². The molecule has 2 aromatic heterocycles. The van der Waals surface area contributed by atoms with Crippen LogP contribution in [0.5, 0.6) is 0 Å². The number of carbonyl (C=O) groups is 1. The maximum absolute atomic E-state index is 12.8. The molecule has 122 valence electrons. The maximum Gasteiger partial charge on any atom is 0.320 e. The molecule has 0 saturated heterocycles. The van der Waals surface area contributed by atoms with Gasteiger partial charge in [-0.25, -0.2) is 18.9 Å². The molecule has 7 heteroatoms. The first-order valence-corrected chi connectivity index (χ1v) is 7.41. The number of pyridine rings is 1. The summed E-state index contributed by atoms with van der Waals surface area (Å²) in [6.07, 6.45) is 4.62. The van der Waals surface area contributed by atoms with E-state index in [-0.39, 0.29) is 11.9 Å². The highest BCUT2D eigenvalue weighted by molar-refractivity contribution is 5.88. The van der Waals surface area contributed by atoms with Gasteiger partial charge in [0.1, 0.15) is 11.6 Å². The summed E-state index contributed by atoms with van der Waals surface area (Å²) in [5.41, 5.74) is 1.89. The third-order valence-electron chi connectivity index (χ3n) is 3.48. The normalized spacial score (nSPS) is 11.8. The first-order chi connectivity index (χ1) is 11.6. The van der Waals surface area contributed by atoms with Crippen molar-refractivity contribution in [3.63, 3.8) is 0 Å². The summed E-state index contributed by atoms with van der Waals surface area (Å²) < 4.78 is 14.6. The van der Waals surface area contributed by atoms with Crippen molar-refractivity contribution in [1.29, 1.82) is 0 Å². The van der Waals surface area contributed by atoms with E-state index in [0.717, 1.165) is 17.4 Å². The minimum Gasteiger partial charge on any atom is -0.331 e. The van der Waals surface area contributed by atoms with Crippen molar-refractivity contribution >= 4 is 11.8 Å². The zero-order valence-electron chi connectivity index (χ0n) is 13.0. The molecule has 2 amide bonds. The average Bonchev–Trinajstić information content (AvgIpc) is 3.11. The lowest BCUT2D eigenvalue weighted by Crippen LogP contribution is -2.31. The zero-order valence-corrected chi connectivity index (χ0v) is 13.0. The number of benzene rings is 1. The Morgan fingerprint density at radius 2 is 2.00 bits per heavy atom. The van der Waals surface area contributed by atoms with Crippen LogP contribution in [0.15, 0.2) is 61.1 Å². The van der Waals surface area contributed by atoms with E-state index >= 15 is 0 Å². The van der Waals surface area contributed by atoms with Crippen LogP contribution >= 0.6 is 0 Å². The molecule has 3 rings (SSSR count). The van der Waals surface area contributed by atoms with E-state index in [1.165, 1.54) is 12.1 Å². The fourth-order valence-electron chi connectivity index (χ4n) is 2.22. The second-order valence-corrected chi connectivity index (χ2v) is 5.22. The van der Waals surface area contributed by atoms with Gasteiger partial charge in [-0.05, 0) is 42.8 Å². The van der Waals surface area contributed by atoms with E-state index in [9.17, 15) is 9.18 Å². The second-order valence-electron chi connectivity index (χ2n) is 5.22. The summed E-state index contributed by atoms with van der Waals surface area (Å²) >= 11 is 0. The molecule has 0 bridgehead atoms. The van der Waals surface area contributed by atoms with Crippen LogP contribution in [0, 0.1) is 5.82 Å². The topological polar surface area (TPSA) is 71.8 Å². The van der Waals surface area contributed by atoms with E-state index in [0.29, 0.717) is 0 Å². The quantitative estimate of drug-likeness (QED) is 0.773. The predicted molar refractivity (Wildman–Crippen MR) is 88.3 cm³/mol. The van der Waals surface area contributed by atoms with Gasteiger partial charge < -0.3 is 5.32 Å². The number of anilines is 1. The summed E-state index contributed by atoms with van der Waals surface area (Å²) in [7, 11) is 0. The summed E-state index contributed by atoms with van der Waals surface area (Å²) in [5, 5.41) is 9.53. The minimum absolute atomic E-state index is 0.197. The van der Waals surface area contributed by atoms with Gasteiger partial charge >= 0.3 is 6.03 Å². The standard InChI is InChI=1S/C17H16FN5O/c1-12(21-17(24)22-16-8-5-14(18)11-19-16)13-3-6-15(7-4-13)23-10-2-9-20-23/h2-12H,1H3,(H2,19,21,22,24). The maximum atomic E-state index is 12.8. The second kappa shape index (κ2) is 6.91. The number of halogens is 1. The number of nitrogens with one attached hydrogen (secondary N) is 2. The Morgan fingerprint density at radius 1 is 1.21 bits per heavy atom. The van der Waals surface area contributed by atoms with Gasteiger partial charge in [-0.2, -0.15) is 5.10 Å². The van der Waals surface area contributed by atoms with Crippen molar-refractivity contribution in [1.82, 2.24) is 20.1 Å². The molecule has 1 atom stereocenters. The van der Waals surface area contributed by atoms with Gasteiger partial charge in [0.2, 0.25) is 0 Å². The smallest absolute Gasteiger partial charge is 0.320 e. The molecule has 1 aromatic carbocycles. The minimum atomic E-state index is -0.452. The predicted octanol–water partition coefficient (Wildman–Crippen LogP) is 3.29. The lowest BCUT2D eigenvalue weighted by atomic mass is 10.1. The molecule has 0 fully saturated rings. The first kappa shape index (κ1) is 15.7. The number of aromatic nitrogens is 3. The largest absolute Gasteiger partial charge is 0.331 e. The van der Waals surface area contributed by atoms with Crippen LogP contribution in [0.4, 0.5) is 15.0 Å². The zero-order chi connectivity index (χ0) is 16.9. The molecule has 3 aromatic rings. The summed E-state index contributed by atoms with van der Waals surface area (Å²) in [4.78, 5) is 15.7. The van der Waals surface area contributed by atoms with Crippen molar-refractivity contribution < 1.29 is 9.18 Å². The van der Waals surface area contributed by atoms with Crippen LogP contribution in [-0.2, 0) is 0 Å². The number of hydrogen-bond donors (Lipinski definition) is 2. The Morgan fingerprint density at radius 3 is 2.62 bits per heavy atom. The van der Waals surface area contributed by atoms with Crippen LogP contribution in [-0.4, -0.2) is 20.8 Å². The number of nitrogens with zero attached hydrogens (tertiary/aromatic N) is 3. The molecule has 2 heterocycles. The van der Waals surface area contributed by atoms with Crippen molar-refractivity contribution in [3.05, 3.63) is 72.4 Å². The Kier molecular flexibility index (Phi) is 4.51. The number of hydrogen-bond acceptors (Lipinski definition) is 3. The lowest BCUT2D eigenvalue weighted by molar-refractivity contribution is 0.249. The highest BCUT2D eigenvalue weighted by Crippen LogP contribution is 2.15. The van der Waals surface area contributed by atoms with E-state index in [1.54, 1.807) is 10.9 Å². The Bertz CT molecular complexity index is 800. The fourth-order valence-corrected chi connectivity index (χ4v) is 2.22. The fraction of sp³-hybridized carbons (Fsp3) is 0.118. The lowest BCUT2D eigenvalue weighted by Gasteiger charge is -2.15. The van der Waals surface area contributed by atoms with Crippen LogP contribution in [0.25, 0.3) is 5.69 Å². The van der Waals surface area contributed by atoms with E-state index in [4.69, 9.17) is 0 Å². The van der Waals surface area contributed by atoms with Gasteiger partial charge in [-0.15, -0.1) is 0 Å². The van der Waals surface area contributed by atoms with E-state index in [1.807, 2.05) is 43.5 Å². The van der Waals surface area contributed by atoms with Gasteiger partial charge in [0.15, 0.2) is 0 Å². The van der Waals surface area contributed by atoms with Gasteiger partial charge in [-0.3, -0.25) is 5.32 Å². The summed E-state index contributed by atoms with van der Waals surface area (Å²) in [5.74, 6) is -0.165. The molecule has 0 radical (unpaired) electrons. The van der Waals surface area contributed by atoms with Crippen LogP contribution < -0.4 is 10.6 Å². The number of carbonyl (C=O) groups excluding carboxylic acids is 1. The molecular weight excluding hydrogens is 309 g/mol. The highest BCUT2D eigenvalue weighted by Gasteiger charge is 2.10. The van der Waals surface area contributed by atoms with E-state index < -0.39 is 11.8 Å². The van der Waals surface area contributed by atoms with Gasteiger partial charge in [0.25, 0.3) is 0 Å². The van der Waals surface area contributed by atoms with Gasteiger partial charge in [-0.1, -0.05) is 12.1 Å². The molecule has 6 nitrogen and oxygen atoms in total. The van der Waals surface area contributed by atoms with Gasteiger partial charge in [0.05, 0.1) is 17.9 Å². The monoisotopic (exact) mass is 325 g/mol. The molecular formula is C17H16FN5O. The summed E-state index contributed by atoms with van der Waals surface area (Å²) in [6.45, 7) is 1.88. The molecule has 0 saturated carbocycles. The van der Waals surface area contributed by atoms with Crippen LogP contribution in [0.3, 0.4) is 0 Å². The Hall–Kier alpha value is -3.22. The van der Waals surface area contributed by atoms with Crippen molar-refractivity contribution in [3.8, 4) is 5.69 Å². The third-order valence-corrected chi connectivity index (χ3v) is 3.48. The Balaban J connectivity index is 1.60. The SMILES string of the molecule is CC(NC(=O)Nc1ccc(F)cn1)c1ccc(-n2cccn2)cc1. The third kappa shape index (κ3) is 3.75. The summed E-state index contributed by atoms with van der Waals surface area (Å²) in [6, 6.07) is 11.6. The van der Waals surface area contributed by atoms with Crippen molar-refractivity contribution in [2.45, 2.75) is 13.0 Å². The molecule has 2 N–H and O–H groups in total. The molecule has 0 spiro atoms. The molecule has 0 aliphatic carbocycles. The van der Waals surface area contributed by atoms with Crippen LogP contribution in [0.1, 0.15) is 18.5 Å². The molecule has 0 aliphatic heterocycles. The number of amides is 2. The van der Waals surface area contributed by atoms with E-state index in [2.05, 4.69) is 20.7 Å². The first-order valence-electron chi connectivity index (χ1n) is 7.41. The van der Waals surface area contributed by atoms with Crippen molar-refractivity contribution in [2.24, 2.45) is 0 Å². The van der Waals surface area contributed by atoms with Crippen molar-refractivity contribution in [2.75, 3.05) is 5.32 Å². The number of urea groups is 1.